The van der Waals surface area contributed by atoms with Gasteiger partial charge in [0.2, 0.25) is 5.91 Å². The van der Waals surface area contributed by atoms with Crippen LogP contribution in [0.25, 0.3) is 5.70 Å². The lowest BCUT2D eigenvalue weighted by Gasteiger charge is -2.20. The highest BCUT2D eigenvalue weighted by Gasteiger charge is 2.18. The number of carbonyl (C=O) groups is 2. The van der Waals surface area contributed by atoms with Crippen LogP contribution in [-0.2, 0) is 11.2 Å². The number of hydrogen-bond donors (Lipinski definition) is 4. The molecular formula is C27H28N4O2. The lowest BCUT2D eigenvalue weighted by atomic mass is 9.99. The molecule has 0 fully saturated rings. The summed E-state index contributed by atoms with van der Waals surface area (Å²) < 4.78 is 0. The van der Waals surface area contributed by atoms with Gasteiger partial charge in [-0.1, -0.05) is 78.9 Å². The van der Waals surface area contributed by atoms with E-state index in [2.05, 4.69) is 10.6 Å². The van der Waals surface area contributed by atoms with Gasteiger partial charge in [0.1, 0.15) is 0 Å². The van der Waals surface area contributed by atoms with Crippen molar-refractivity contribution in [2.24, 2.45) is 5.73 Å². The van der Waals surface area contributed by atoms with Crippen LogP contribution < -0.4 is 16.4 Å². The van der Waals surface area contributed by atoms with Crippen LogP contribution in [0, 0.1) is 5.41 Å². The largest absolute Gasteiger partial charge is 0.398 e. The summed E-state index contributed by atoms with van der Waals surface area (Å²) in [6.07, 6.45) is 2.12. The maximum absolute atomic E-state index is 13.2. The Morgan fingerprint density at radius 3 is 2.12 bits per heavy atom. The smallest absolute Gasteiger partial charge is 0.252 e. The molecule has 3 rings (SSSR count). The maximum atomic E-state index is 13.2. The van der Waals surface area contributed by atoms with Crippen molar-refractivity contribution in [3.05, 3.63) is 113 Å². The molecule has 0 aliphatic carbocycles. The highest BCUT2D eigenvalue weighted by atomic mass is 16.2. The Morgan fingerprint density at radius 1 is 0.909 bits per heavy atom. The van der Waals surface area contributed by atoms with Gasteiger partial charge in [0.15, 0.2) is 0 Å². The molecule has 168 valence electrons. The van der Waals surface area contributed by atoms with Crippen molar-refractivity contribution in [1.29, 1.82) is 5.41 Å². The van der Waals surface area contributed by atoms with E-state index in [0.29, 0.717) is 29.8 Å². The number of hydrogen-bond acceptors (Lipinski definition) is 4. The van der Waals surface area contributed by atoms with E-state index in [9.17, 15) is 9.59 Å². The third-order valence-corrected chi connectivity index (χ3v) is 5.13. The Balaban J connectivity index is 1.81. The van der Waals surface area contributed by atoms with E-state index in [4.69, 9.17) is 11.1 Å². The summed E-state index contributed by atoms with van der Waals surface area (Å²) in [5, 5.41) is 14.3. The Bertz CT molecular complexity index is 1140. The number of nitrogens with two attached hydrogens (primary N) is 1. The molecular weight excluding hydrogens is 412 g/mol. The van der Waals surface area contributed by atoms with Crippen molar-refractivity contribution in [3.8, 4) is 0 Å². The predicted molar refractivity (Wildman–Crippen MR) is 132 cm³/mol. The molecule has 3 aromatic rings. The fraction of sp³-hybridized carbons (Fsp3) is 0.148. The Hall–Kier alpha value is -4.19. The van der Waals surface area contributed by atoms with Crippen molar-refractivity contribution in [1.82, 2.24) is 10.6 Å². The van der Waals surface area contributed by atoms with Gasteiger partial charge < -0.3 is 21.8 Å². The molecule has 0 bridgehead atoms. The number of allylic oxidation sites excluding steroid dienone is 1. The number of nitrogens with one attached hydrogen (secondary N) is 3. The van der Waals surface area contributed by atoms with Gasteiger partial charge in [0, 0.05) is 30.3 Å². The number of amides is 2. The molecule has 0 unspecified atom stereocenters. The van der Waals surface area contributed by atoms with E-state index in [1.165, 1.54) is 6.92 Å². The van der Waals surface area contributed by atoms with E-state index < -0.39 is 0 Å². The number of carbonyl (C=O) groups excluding carboxylic acids is 2. The first-order valence-electron chi connectivity index (χ1n) is 10.7. The highest BCUT2D eigenvalue weighted by molar-refractivity contribution is 6.15. The third kappa shape index (κ3) is 6.90. The normalized spacial score (nSPS) is 12.0. The molecule has 0 radical (unpaired) electrons. The molecule has 6 nitrogen and oxygen atoms in total. The van der Waals surface area contributed by atoms with Crippen LogP contribution in [0.5, 0.6) is 0 Å². The number of rotatable bonds is 9. The number of benzene rings is 3. The second-order valence-electron chi connectivity index (χ2n) is 7.72. The molecule has 0 aliphatic heterocycles. The van der Waals surface area contributed by atoms with Gasteiger partial charge in [-0.25, -0.2) is 0 Å². The first kappa shape index (κ1) is 23.5. The van der Waals surface area contributed by atoms with Crippen LogP contribution in [0.15, 0.2) is 91.0 Å². The van der Waals surface area contributed by atoms with Crippen LogP contribution in [0.1, 0.15) is 34.0 Å². The van der Waals surface area contributed by atoms with Crippen molar-refractivity contribution in [3.63, 3.8) is 0 Å². The average molecular weight is 441 g/mol. The minimum absolute atomic E-state index is 0.142. The Labute approximate surface area is 194 Å². The molecule has 5 N–H and O–H groups in total. The van der Waals surface area contributed by atoms with Crippen LogP contribution >= 0.6 is 0 Å². The third-order valence-electron chi connectivity index (χ3n) is 5.13. The first-order chi connectivity index (χ1) is 15.9. The van der Waals surface area contributed by atoms with Gasteiger partial charge in [0.25, 0.3) is 5.91 Å². The van der Waals surface area contributed by atoms with Crippen molar-refractivity contribution >= 4 is 23.2 Å². The van der Waals surface area contributed by atoms with E-state index in [0.717, 1.165) is 11.1 Å². The molecule has 0 saturated heterocycles. The monoisotopic (exact) mass is 440 g/mol. The zero-order valence-corrected chi connectivity index (χ0v) is 18.5. The second kappa shape index (κ2) is 11.4. The summed E-state index contributed by atoms with van der Waals surface area (Å²) in [7, 11) is 0. The molecule has 0 saturated carbocycles. The minimum atomic E-state index is -0.312. The molecule has 1 atom stereocenters. The molecule has 0 aromatic heterocycles. The van der Waals surface area contributed by atoms with Gasteiger partial charge in [-0.2, -0.15) is 0 Å². The molecule has 3 aromatic carbocycles. The standard InChI is InChI=1S/C27H28N4O2/c1-19(32)30-18-22(16-20-10-4-2-5-11-20)31-27(33)24-15-9-8-14-23(24)26(29)17-25(28)21-12-6-3-7-13-21/h2-15,17,22,29H,16,18,28H2,1H3,(H,30,32)(H,31,33)/b25-17-,29-26?/t22-/m0/s1. The van der Waals surface area contributed by atoms with Crippen molar-refractivity contribution < 1.29 is 9.59 Å². The lowest BCUT2D eigenvalue weighted by Crippen LogP contribution is -2.44. The van der Waals surface area contributed by atoms with Crippen molar-refractivity contribution in [2.75, 3.05) is 6.54 Å². The lowest BCUT2D eigenvalue weighted by molar-refractivity contribution is -0.119. The SMILES string of the molecule is CC(=O)NC[C@H](Cc1ccccc1)NC(=O)c1ccccc1C(=N)/C=C(\N)c1ccccc1. The van der Waals surface area contributed by atoms with Gasteiger partial charge in [-0.05, 0) is 29.7 Å². The zero-order valence-electron chi connectivity index (χ0n) is 18.5. The summed E-state index contributed by atoms with van der Waals surface area (Å²) in [6.45, 7) is 1.75. The van der Waals surface area contributed by atoms with Crippen LogP contribution in [-0.4, -0.2) is 30.1 Å². The van der Waals surface area contributed by atoms with E-state index in [1.807, 2.05) is 60.7 Å². The highest BCUT2D eigenvalue weighted by Crippen LogP contribution is 2.15. The average Bonchev–Trinajstić information content (AvgIpc) is 2.83. The Kier molecular flexibility index (Phi) is 8.13. The zero-order chi connectivity index (χ0) is 23.6. The fourth-order valence-corrected chi connectivity index (χ4v) is 3.47. The quantitative estimate of drug-likeness (QED) is 0.382. The van der Waals surface area contributed by atoms with Crippen LogP contribution in [0.3, 0.4) is 0 Å². The first-order valence-corrected chi connectivity index (χ1v) is 10.7. The van der Waals surface area contributed by atoms with Gasteiger partial charge in [0.05, 0.1) is 11.8 Å². The fourth-order valence-electron chi connectivity index (χ4n) is 3.47. The van der Waals surface area contributed by atoms with E-state index >= 15 is 0 Å². The van der Waals surface area contributed by atoms with E-state index in [1.54, 1.807) is 30.3 Å². The molecule has 33 heavy (non-hydrogen) atoms. The molecule has 0 heterocycles. The minimum Gasteiger partial charge on any atom is -0.398 e. The van der Waals surface area contributed by atoms with Gasteiger partial charge >= 0.3 is 0 Å². The molecule has 0 spiro atoms. The summed E-state index contributed by atoms with van der Waals surface area (Å²) in [6, 6.07) is 25.8. The summed E-state index contributed by atoms with van der Waals surface area (Å²) in [4.78, 5) is 24.6. The van der Waals surface area contributed by atoms with Gasteiger partial charge in [-0.3, -0.25) is 9.59 Å². The van der Waals surface area contributed by atoms with E-state index in [-0.39, 0.29) is 23.6 Å². The maximum Gasteiger partial charge on any atom is 0.252 e. The Morgan fingerprint density at radius 2 is 1.48 bits per heavy atom. The van der Waals surface area contributed by atoms with Crippen LogP contribution in [0.4, 0.5) is 0 Å². The topological polar surface area (TPSA) is 108 Å². The van der Waals surface area contributed by atoms with Gasteiger partial charge in [-0.15, -0.1) is 0 Å². The molecule has 2 amide bonds. The van der Waals surface area contributed by atoms with Crippen LogP contribution in [0.2, 0.25) is 0 Å². The molecule has 0 aliphatic rings. The molecule has 6 heteroatoms. The summed E-state index contributed by atoms with van der Waals surface area (Å²) in [5.41, 5.74) is 9.47. The summed E-state index contributed by atoms with van der Waals surface area (Å²) in [5.74, 6) is -0.473. The summed E-state index contributed by atoms with van der Waals surface area (Å²) >= 11 is 0. The predicted octanol–water partition coefficient (Wildman–Crippen LogP) is 3.53. The second-order valence-corrected chi connectivity index (χ2v) is 7.72. The van der Waals surface area contributed by atoms with Crippen molar-refractivity contribution in [2.45, 2.75) is 19.4 Å².